The van der Waals surface area contributed by atoms with Crippen molar-refractivity contribution in [2.24, 2.45) is 7.05 Å². The lowest BCUT2D eigenvalue weighted by Gasteiger charge is -2.06. The highest BCUT2D eigenvalue weighted by Gasteiger charge is 2.12. The van der Waals surface area contributed by atoms with E-state index in [0.29, 0.717) is 0 Å². The van der Waals surface area contributed by atoms with Crippen molar-refractivity contribution < 1.29 is 0 Å². The molecule has 0 fully saturated rings. The number of nitrogens with one attached hydrogen (secondary N) is 1. The second-order valence-electron chi connectivity index (χ2n) is 5.37. The highest BCUT2D eigenvalue weighted by atomic mass is 32.1. The van der Waals surface area contributed by atoms with Gasteiger partial charge >= 0.3 is 0 Å². The van der Waals surface area contributed by atoms with Crippen LogP contribution in [-0.4, -0.2) is 19.2 Å². The van der Waals surface area contributed by atoms with Gasteiger partial charge in [0.1, 0.15) is 0 Å². The molecular formula is C15H21N5S. The lowest BCUT2D eigenvalue weighted by atomic mass is 10.2. The van der Waals surface area contributed by atoms with Gasteiger partial charge in [0.25, 0.3) is 0 Å². The highest BCUT2D eigenvalue weighted by molar-refractivity contribution is 7.15. The summed E-state index contributed by atoms with van der Waals surface area (Å²) in [7, 11) is 1.97. The van der Waals surface area contributed by atoms with Gasteiger partial charge in [-0.25, -0.2) is 4.98 Å². The molecule has 0 saturated carbocycles. The van der Waals surface area contributed by atoms with Crippen LogP contribution in [0.4, 0.5) is 0 Å². The molecule has 0 aliphatic rings. The third kappa shape index (κ3) is 2.61. The molecule has 0 aromatic carbocycles. The van der Waals surface area contributed by atoms with Gasteiger partial charge in [-0.15, -0.1) is 11.3 Å². The average molecular weight is 303 g/mol. The molecule has 6 heteroatoms. The molecular weight excluding hydrogens is 282 g/mol. The highest BCUT2D eigenvalue weighted by Crippen LogP contribution is 2.20. The van der Waals surface area contributed by atoms with Crippen molar-refractivity contribution in [3.8, 4) is 0 Å². The largest absolute Gasteiger partial charge is 0.307 e. The number of nitrogens with zero attached hydrogens (tertiary/aromatic N) is 4. The molecule has 1 N–H and O–H groups in total. The van der Waals surface area contributed by atoms with Gasteiger partial charge in [0, 0.05) is 43.0 Å². The van der Waals surface area contributed by atoms with Gasteiger partial charge in [-0.3, -0.25) is 9.08 Å². The van der Waals surface area contributed by atoms with Crippen molar-refractivity contribution in [2.45, 2.75) is 40.3 Å². The summed E-state index contributed by atoms with van der Waals surface area (Å²) in [5.74, 6) is 0. The van der Waals surface area contributed by atoms with E-state index in [-0.39, 0.29) is 0 Å². The number of thiazole rings is 1. The zero-order valence-electron chi connectivity index (χ0n) is 13.0. The molecule has 3 aromatic rings. The van der Waals surface area contributed by atoms with E-state index in [1.165, 1.54) is 22.6 Å². The fourth-order valence-corrected chi connectivity index (χ4v) is 3.65. The van der Waals surface area contributed by atoms with Crippen molar-refractivity contribution in [3.63, 3.8) is 0 Å². The van der Waals surface area contributed by atoms with Crippen LogP contribution in [0.5, 0.6) is 0 Å². The van der Waals surface area contributed by atoms with Crippen molar-refractivity contribution >= 4 is 16.3 Å². The lowest BCUT2D eigenvalue weighted by Crippen LogP contribution is -2.15. The molecule has 3 aromatic heterocycles. The summed E-state index contributed by atoms with van der Waals surface area (Å²) in [6.45, 7) is 8.02. The second-order valence-corrected chi connectivity index (χ2v) is 6.21. The van der Waals surface area contributed by atoms with Crippen molar-refractivity contribution in [2.75, 3.05) is 0 Å². The number of hydrogen-bond donors (Lipinski definition) is 1. The smallest absolute Gasteiger partial charge is 0.194 e. The minimum atomic E-state index is 0.822. The van der Waals surface area contributed by atoms with Crippen molar-refractivity contribution in [1.82, 2.24) is 24.5 Å². The number of aromatic nitrogens is 4. The van der Waals surface area contributed by atoms with Crippen LogP contribution in [0.2, 0.25) is 0 Å². The third-order valence-corrected chi connectivity index (χ3v) is 4.71. The molecule has 21 heavy (non-hydrogen) atoms. The Morgan fingerprint density at radius 3 is 2.86 bits per heavy atom. The Morgan fingerprint density at radius 1 is 1.29 bits per heavy atom. The monoisotopic (exact) mass is 303 g/mol. The molecule has 0 unspecified atom stereocenters. The first kappa shape index (κ1) is 14.3. The van der Waals surface area contributed by atoms with Crippen LogP contribution in [0.25, 0.3) is 4.96 Å². The number of imidazole rings is 1. The van der Waals surface area contributed by atoms with E-state index in [4.69, 9.17) is 0 Å². The molecule has 3 heterocycles. The van der Waals surface area contributed by atoms with E-state index in [9.17, 15) is 0 Å². The summed E-state index contributed by atoms with van der Waals surface area (Å²) in [4.78, 5) is 5.70. The molecule has 0 radical (unpaired) electrons. The Balaban J connectivity index is 1.74. The Bertz CT molecular complexity index is 765. The summed E-state index contributed by atoms with van der Waals surface area (Å²) >= 11 is 1.70. The fourth-order valence-electron chi connectivity index (χ4n) is 2.72. The summed E-state index contributed by atoms with van der Waals surface area (Å²) in [6.07, 6.45) is 3.07. The predicted molar refractivity (Wildman–Crippen MR) is 85.7 cm³/mol. The quantitative estimate of drug-likeness (QED) is 0.788. The van der Waals surface area contributed by atoms with Gasteiger partial charge in [-0.2, -0.15) is 5.10 Å². The van der Waals surface area contributed by atoms with E-state index >= 15 is 0 Å². The van der Waals surface area contributed by atoms with Crippen LogP contribution >= 0.6 is 11.3 Å². The Kier molecular flexibility index (Phi) is 3.82. The van der Waals surface area contributed by atoms with Gasteiger partial charge in [-0.1, -0.05) is 6.92 Å². The summed E-state index contributed by atoms with van der Waals surface area (Å²) in [6, 6.07) is 0. The molecule has 0 atom stereocenters. The maximum Gasteiger partial charge on any atom is 0.194 e. The normalized spacial score (nSPS) is 11.6. The zero-order chi connectivity index (χ0) is 15.0. The van der Waals surface area contributed by atoms with Gasteiger partial charge in [-0.05, 0) is 20.3 Å². The SMILES string of the molecule is CCc1nn(C)cc1CNCc1c(C)nc2scc(C)n12. The standard InChI is InChI=1S/C15H21N5S/c1-5-13-12(8-19(4)18-13)6-16-7-14-11(3)17-15-20(14)10(2)9-21-15/h8-9,16H,5-7H2,1-4H3. The Hall–Kier alpha value is -1.66. The number of rotatable bonds is 5. The Labute approximate surface area is 128 Å². The first-order valence-electron chi connectivity index (χ1n) is 7.24. The molecule has 3 rings (SSSR count). The van der Waals surface area contributed by atoms with Crippen LogP contribution in [0.1, 0.15) is 35.3 Å². The molecule has 5 nitrogen and oxygen atoms in total. The third-order valence-electron chi connectivity index (χ3n) is 3.76. The minimum absolute atomic E-state index is 0.822. The summed E-state index contributed by atoms with van der Waals surface area (Å²) < 4.78 is 4.14. The van der Waals surface area contributed by atoms with E-state index in [1.54, 1.807) is 11.3 Å². The van der Waals surface area contributed by atoms with E-state index in [2.05, 4.69) is 52.1 Å². The first-order chi connectivity index (χ1) is 10.1. The molecule has 0 saturated heterocycles. The molecule has 0 amide bonds. The molecule has 0 aliphatic heterocycles. The molecule has 0 bridgehead atoms. The van der Waals surface area contributed by atoms with Crippen molar-refractivity contribution in [3.05, 3.63) is 39.9 Å². The van der Waals surface area contributed by atoms with Gasteiger partial charge in [0.15, 0.2) is 4.96 Å². The van der Waals surface area contributed by atoms with Crippen LogP contribution in [0, 0.1) is 13.8 Å². The first-order valence-corrected chi connectivity index (χ1v) is 8.12. The van der Waals surface area contributed by atoms with Crippen LogP contribution in [0.3, 0.4) is 0 Å². The molecule has 112 valence electrons. The number of hydrogen-bond acceptors (Lipinski definition) is 4. The second kappa shape index (κ2) is 5.61. The predicted octanol–water partition coefficient (Wildman–Crippen LogP) is 2.60. The minimum Gasteiger partial charge on any atom is -0.307 e. The summed E-state index contributed by atoms with van der Waals surface area (Å²) in [5, 5.41) is 10.2. The van der Waals surface area contributed by atoms with Gasteiger partial charge < -0.3 is 5.32 Å². The number of aryl methyl sites for hydroxylation is 4. The average Bonchev–Trinajstić information content (AvgIpc) is 3.07. The van der Waals surface area contributed by atoms with Gasteiger partial charge in [0.05, 0.1) is 17.1 Å². The summed E-state index contributed by atoms with van der Waals surface area (Å²) in [5.41, 5.74) is 6.07. The van der Waals surface area contributed by atoms with E-state index < -0.39 is 0 Å². The fraction of sp³-hybridized carbons (Fsp3) is 0.467. The number of fused-ring (bicyclic) bond motifs is 1. The topological polar surface area (TPSA) is 47.2 Å². The maximum absolute atomic E-state index is 4.62. The van der Waals surface area contributed by atoms with Crippen LogP contribution in [0.15, 0.2) is 11.6 Å². The lowest BCUT2D eigenvalue weighted by molar-refractivity contribution is 0.666. The van der Waals surface area contributed by atoms with Crippen LogP contribution in [-0.2, 0) is 26.6 Å². The molecule has 0 spiro atoms. The maximum atomic E-state index is 4.62. The van der Waals surface area contributed by atoms with Crippen molar-refractivity contribution in [1.29, 1.82) is 0 Å². The molecule has 0 aliphatic carbocycles. The Morgan fingerprint density at radius 2 is 2.10 bits per heavy atom. The van der Waals surface area contributed by atoms with E-state index in [0.717, 1.165) is 30.2 Å². The van der Waals surface area contributed by atoms with Crippen LogP contribution < -0.4 is 5.32 Å². The van der Waals surface area contributed by atoms with Gasteiger partial charge in [0.2, 0.25) is 0 Å². The van der Waals surface area contributed by atoms with E-state index in [1.807, 2.05) is 11.7 Å². The zero-order valence-corrected chi connectivity index (χ0v) is 13.8.